The highest BCUT2D eigenvalue weighted by molar-refractivity contribution is 7.99. The van der Waals surface area contributed by atoms with Crippen LogP contribution in [0.25, 0.3) is 0 Å². The minimum absolute atomic E-state index is 0.00787. The van der Waals surface area contributed by atoms with Crippen LogP contribution in [0.5, 0.6) is 0 Å². The van der Waals surface area contributed by atoms with E-state index in [-0.39, 0.29) is 24.4 Å². The highest BCUT2D eigenvalue weighted by atomic mass is 35.5. The summed E-state index contributed by atoms with van der Waals surface area (Å²) in [5.41, 5.74) is 1.81. The van der Waals surface area contributed by atoms with Gasteiger partial charge in [0.2, 0.25) is 11.8 Å². The Morgan fingerprint density at radius 2 is 1.61 bits per heavy atom. The van der Waals surface area contributed by atoms with Gasteiger partial charge in [0.25, 0.3) is 0 Å². The van der Waals surface area contributed by atoms with E-state index >= 15 is 0 Å². The first-order valence-corrected chi connectivity index (χ1v) is 13.9. The summed E-state index contributed by atoms with van der Waals surface area (Å²) in [6, 6.07) is 24.2. The lowest BCUT2D eigenvalue weighted by molar-refractivity contribution is -0.141. The molecule has 0 bridgehead atoms. The number of nitrogens with zero attached hydrogens (tertiary/aromatic N) is 1. The van der Waals surface area contributed by atoms with E-state index in [1.165, 1.54) is 0 Å². The molecule has 0 aliphatic carbocycles. The Hall–Kier alpha value is -2.47. The van der Waals surface area contributed by atoms with Gasteiger partial charge in [-0.15, -0.1) is 11.8 Å². The van der Waals surface area contributed by atoms with Gasteiger partial charge in [-0.2, -0.15) is 0 Å². The molecule has 3 rings (SSSR count). The quantitative estimate of drug-likeness (QED) is 0.250. The third-order valence-corrected chi connectivity index (χ3v) is 7.60. The predicted octanol–water partition coefficient (Wildman–Crippen LogP) is 7.03. The molecule has 0 unspecified atom stereocenters. The summed E-state index contributed by atoms with van der Waals surface area (Å²) in [4.78, 5) is 29.9. The lowest BCUT2D eigenvalue weighted by atomic mass is 10.0. The van der Waals surface area contributed by atoms with E-state index in [0.29, 0.717) is 28.6 Å². The third kappa shape index (κ3) is 8.58. The van der Waals surface area contributed by atoms with Gasteiger partial charge in [0.15, 0.2) is 0 Å². The number of benzene rings is 3. The van der Waals surface area contributed by atoms with E-state index in [1.807, 2.05) is 86.6 Å². The van der Waals surface area contributed by atoms with Gasteiger partial charge in [-0.3, -0.25) is 9.59 Å². The molecule has 0 spiro atoms. The zero-order valence-electron chi connectivity index (χ0n) is 20.6. The number of hydrogen-bond donors (Lipinski definition) is 1. The Labute approximate surface area is 228 Å². The van der Waals surface area contributed by atoms with Crippen molar-refractivity contribution in [3.8, 4) is 0 Å². The molecular formula is C29H32Cl2N2O2S. The zero-order valence-corrected chi connectivity index (χ0v) is 23.0. The normalized spacial score (nSPS) is 12.6. The fourth-order valence-corrected chi connectivity index (χ4v) is 4.90. The van der Waals surface area contributed by atoms with Crippen LogP contribution in [0.3, 0.4) is 0 Å². The largest absolute Gasteiger partial charge is 0.352 e. The second-order valence-electron chi connectivity index (χ2n) is 8.69. The number of thioether (sulfide) groups is 1. The molecule has 1 N–H and O–H groups in total. The number of amides is 2. The number of carbonyl (C=O) groups excluding carboxylic acids is 2. The first kappa shape index (κ1) is 28.1. The molecule has 0 heterocycles. The van der Waals surface area contributed by atoms with Crippen LogP contribution in [0.4, 0.5) is 0 Å². The second kappa shape index (κ2) is 14.3. The maximum atomic E-state index is 13.7. The number of hydrogen-bond acceptors (Lipinski definition) is 3. The standard InChI is InChI=1S/C29H32Cl2N2O2S/c1-3-21(2)32-29(35)27(19-22-9-5-4-6-10-22)33(20-23-11-7-8-12-26(23)31)28(34)17-18-36-25-15-13-24(30)14-16-25/h4-16,21,27H,3,17-20H2,1-2H3,(H,32,35)/t21-,27+/m0/s1. The van der Waals surface area contributed by atoms with Crippen molar-refractivity contribution in [1.82, 2.24) is 10.2 Å². The molecule has 2 atom stereocenters. The van der Waals surface area contributed by atoms with Gasteiger partial charge in [0.1, 0.15) is 6.04 Å². The van der Waals surface area contributed by atoms with Crippen LogP contribution in [-0.2, 0) is 22.6 Å². The van der Waals surface area contributed by atoms with Crippen LogP contribution in [0.1, 0.15) is 37.8 Å². The molecule has 0 saturated heterocycles. The van der Waals surface area contributed by atoms with Gasteiger partial charge in [-0.05, 0) is 54.8 Å². The van der Waals surface area contributed by atoms with E-state index in [1.54, 1.807) is 22.7 Å². The van der Waals surface area contributed by atoms with Crippen molar-refractivity contribution in [1.29, 1.82) is 0 Å². The van der Waals surface area contributed by atoms with E-state index in [0.717, 1.165) is 22.4 Å². The van der Waals surface area contributed by atoms with Crippen molar-refractivity contribution in [2.24, 2.45) is 0 Å². The molecule has 3 aromatic rings. The SMILES string of the molecule is CC[C@H](C)NC(=O)[C@@H](Cc1ccccc1)N(Cc1ccccc1Cl)C(=O)CCSc1ccc(Cl)cc1. The molecule has 36 heavy (non-hydrogen) atoms. The summed E-state index contributed by atoms with van der Waals surface area (Å²) in [5, 5.41) is 4.34. The smallest absolute Gasteiger partial charge is 0.243 e. The third-order valence-electron chi connectivity index (χ3n) is 5.97. The van der Waals surface area contributed by atoms with Crippen molar-refractivity contribution >= 4 is 46.8 Å². The van der Waals surface area contributed by atoms with Crippen molar-refractivity contribution in [3.63, 3.8) is 0 Å². The van der Waals surface area contributed by atoms with Crippen LogP contribution >= 0.6 is 35.0 Å². The van der Waals surface area contributed by atoms with Crippen LogP contribution < -0.4 is 5.32 Å². The van der Waals surface area contributed by atoms with Crippen LogP contribution in [0.2, 0.25) is 10.0 Å². The van der Waals surface area contributed by atoms with Gasteiger partial charge >= 0.3 is 0 Å². The monoisotopic (exact) mass is 542 g/mol. The summed E-state index contributed by atoms with van der Waals surface area (Å²) in [6.07, 6.45) is 1.52. The van der Waals surface area contributed by atoms with Crippen molar-refractivity contribution < 1.29 is 9.59 Å². The molecule has 4 nitrogen and oxygen atoms in total. The molecule has 7 heteroatoms. The molecule has 0 aliphatic heterocycles. The maximum absolute atomic E-state index is 13.7. The summed E-state index contributed by atoms with van der Waals surface area (Å²) >= 11 is 14.0. The fraction of sp³-hybridized carbons (Fsp3) is 0.310. The average Bonchev–Trinajstić information content (AvgIpc) is 2.88. The van der Waals surface area contributed by atoms with Gasteiger partial charge in [-0.1, -0.05) is 78.7 Å². The lowest BCUT2D eigenvalue weighted by Gasteiger charge is -2.32. The Bertz CT molecular complexity index is 1130. The molecule has 0 saturated carbocycles. The van der Waals surface area contributed by atoms with Crippen LogP contribution in [-0.4, -0.2) is 34.6 Å². The predicted molar refractivity (Wildman–Crippen MR) is 151 cm³/mol. The van der Waals surface area contributed by atoms with Gasteiger partial charge < -0.3 is 10.2 Å². The van der Waals surface area contributed by atoms with Gasteiger partial charge in [0.05, 0.1) is 0 Å². The fourth-order valence-electron chi connectivity index (χ4n) is 3.74. The van der Waals surface area contributed by atoms with Gasteiger partial charge in [-0.25, -0.2) is 0 Å². The Morgan fingerprint density at radius 3 is 2.28 bits per heavy atom. The van der Waals surface area contributed by atoms with E-state index < -0.39 is 6.04 Å². The Morgan fingerprint density at radius 1 is 0.944 bits per heavy atom. The molecule has 0 fully saturated rings. The Kier molecular flexibility index (Phi) is 11.2. The molecule has 190 valence electrons. The maximum Gasteiger partial charge on any atom is 0.243 e. The molecule has 3 aromatic carbocycles. The highest BCUT2D eigenvalue weighted by Crippen LogP contribution is 2.24. The summed E-state index contributed by atoms with van der Waals surface area (Å²) < 4.78 is 0. The van der Waals surface area contributed by atoms with E-state index in [2.05, 4.69) is 5.32 Å². The number of rotatable bonds is 12. The number of halogens is 2. The van der Waals surface area contributed by atoms with Crippen molar-refractivity contribution in [2.75, 3.05) is 5.75 Å². The van der Waals surface area contributed by atoms with Gasteiger partial charge in [0, 0.05) is 46.1 Å². The van der Waals surface area contributed by atoms with E-state index in [9.17, 15) is 9.59 Å². The molecule has 0 aliphatic rings. The summed E-state index contributed by atoms with van der Waals surface area (Å²) in [5.74, 6) is 0.348. The molecule has 0 radical (unpaired) electrons. The summed E-state index contributed by atoms with van der Waals surface area (Å²) in [6.45, 7) is 4.26. The first-order chi connectivity index (χ1) is 17.4. The van der Waals surface area contributed by atoms with Crippen molar-refractivity contribution in [2.45, 2.75) is 56.6 Å². The minimum Gasteiger partial charge on any atom is -0.352 e. The molecular weight excluding hydrogens is 511 g/mol. The highest BCUT2D eigenvalue weighted by Gasteiger charge is 2.31. The first-order valence-electron chi connectivity index (χ1n) is 12.1. The number of carbonyl (C=O) groups is 2. The van der Waals surface area contributed by atoms with Crippen LogP contribution in [0.15, 0.2) is 83.8 Å². The lowest BCUT2D eigenvalue weighted by Crippen LogP contribution is -2.52. The van der Waals surface area contributed by atoms with Crippen LogP contribution in [0, 0.1) is 0 Å². The zero-order chi connectivity index (χ0) is 25.9. The second-order valence-corrected chi connectivity index (χ2v) is 10.7. The average molecular weight is 544 g/mol. The molecule has 0 aromatic heterocycles. The Balaban J connectivity index is 1.86. The van der Waals surface area contributed by atoms with Crippen molar-refractivity contribution in [3.05, 3.63) is 100 Å². The topological polar surface area (TPSA) is 49.4 Å². The van der Waals surface area contributed by atoms with E-state index in [4.69, 9.17) is 23.2 Å². The molecule has 2 amide bonds. The summed E-state index contributed by atoms with van der Waals surface area (Å²) in [7, 11) is 0. The minimum atomic E-state index is -0.661. The number of nitrogens with one attached hydrogen (secondary N) is 1.